The topological polar surface area (TPSA) is 88.6 Å². The number of pyridine rings is 1. The van der Waals surface area contributed by atoms with Crippen LogP contribution in [0.5, 0.6) is 0 Å². The lowest BCUT2D eigenvalue weighted by atomic mass is 9.98. The van der Waals surface area contributed by atoms with Crippen molar-refractivity contribution < 1.29 is 9.32 Å². The smallest absolute Gasteiger partial charge is 0.238 e. The van der Waals surface area contributed by atoms with Gasteiger partial charge in [0.25, 0.3) is 0 Å². The van der Waals surface area contributed by atoms with E-state index in [1.807, 2.05) is 35.6 Å². The molecule has 148 valence electrons. The van der Waals surface area contributed by atoms with Gasteiger partial charge in [-0.25, -0.2) is 9.99 Å². The first-order valence-electron chi connectivity index (χ1n) is 9.71. The normalized spacial score (nSPS) is 14.2. The molecule has 5 rings (SSSR count). The van der Waals surface area contributed by atoms with Crippen LogP contribution in [-0.4, -0.2) is 44.5 Å². The molecule has 1 fully saturated rings. The van der Waals surface area contributed by atoms with Crippen LogP contribution in [0.3, 0.4) is 0 Å². The maximum Gasteiger partial charge on any atom is 0.238 e. The second kappa shape index (κ2) is 6.66. The zero-order valence-electron chi connectivity index (χ0n) is 16.6. The molecule has 1 N–H and O–H groups in total. The van der Waals surface area contributed by atoms with Gasteiger partial charge in [-0.05, 0) is 37.0 Å². The maximum absolute atomic E-state index is 12.5. The summed E-state index contributed by atoms with van der Waals surface area (Å²) >= 11 is 0. The minimum atomic E-state index is -0.0655. The van der Waals surface area contributed by atoms with E-state index in [4.69, 9.17) is 4.52 Å². The molecule has 0 atom stereocenters. The van der Waals surface area contributed by atoms with Crippen molar-refractivity contribution in [2.24, 2.45) is 0 Å². The summed E-state index contributed by atoms with van der Waals surface area (Å²) in [7, 11) is 3.60. The van der Waals surface area contributed by atoms with Gasteiger partial charge >= 0.3 is 0 Å². The number of hydrogen-bond acceptors (Lipinski definition) is 6. The van der Waals surface area contributed by atoms with Gasteiger partial charge in [-0.3, -0.25) is 14.6 Å². The van der Waals surface area contributed by atoms with Gasteiger partial charge in [-0.1, -0.05) is 23.4 Å². The molecule has 1 aliphatic rings. The molecule has 0 unspecified atom stereocenters. The van der Waals surface area contributed by atoms with Gasteiger partial charge in [0.2, 0.25) is 17.6 Å². The molecule has 0 aliphatic heterocycles. The fraction of sp³-hybridized carbons (Fsp3) is 0.333. The van der Waals surface area contributed by atoms with E-state index in [9.17, 15) is 4.79 Å². The molecule has 3 aromatic heterocycles. The Balaban J connectivity index is 1.70. The Morgan fingerprint density at radius 3 is 2.86 bits per heavy atom. The molecule has 8 nitrogen and oxygen atoms in total. The van der Waals surface area contributed by atoms with Gasteiger partial charge in [0.1, 0.15) is 12.0 Å². The second-order valence-corrected chi connectivity index (χ2v) is 7.77. The lowest BCUT2D eigenvalue weighted by Gasteiger charge is -2.16. The Bertz CT molecular complexity index is 1230. The van der Waals surface area contributed by atoms with Crippen LogP contribution >= 0.6 is 0 Å². The fourth-order valence-corrected chi connectivity index (χ4v) is 3.84. The van der Waals surface area contributed by atoms with Crippen LogP contribution in [0.2, 0.25) is 0 Å². The van der Waals surface area contributed by atoms with Crippen LogP contribution in [0.1, 0.15) is 35.8 Å². The summed E-state index contributed by atoms with van der Waals surface area (Å²) in [5.74, 6) is 1.50. The van der Waals surface area contributed by atoms with Gasteiger partial charge < -0.3 is 4.52 Å². The molecule has 0 bridgehead atoms. The summed E-state index contributed by atoms with van der Waals surface area (Å²) < 4.78 is 7.49. The van der Waals surface area contributed by atoms with Crippen molar-refractivity contribution in [3.05, 3.63) is 47.6 Å². The minimum Gasteiger partial charge on any atom is -0.339 e. The number of carbonyl (C=O) groups excluding carboxylic acids is 1. The SMILES string of the molecule is Cc1c(CC(=O)NN(C)C)c2ccccc2n2cnc(-c3noc(C4CC4)n3)c12. The van der Waals surface area contributed by atoms with Crippen molar-refractivity contribution in [1.82, 2.24) is 30.0 Å². The average molecular weight is 390 g/mol. The Hall–Kier alpha value is -3.26. The highest BCUT2D eigenvalue weighted by molar-refractivity contribution is 5.95. The number of hydrazine groups is 1. The van der Waals surface area contributed by atoms with E-state index in [1.165, 1.54) is 0 Å². The van der Waals surface area contributed by atoms with Crippen molar-refractivity contribution in [2.75, 3.05) is 14.1 Å². The first-order chi connectivity index (χ1) is 14.0. The van der Waals surface area contributed by atoms with Crippen molar-refractivity contribution in [2.45, 2.75) is 32.1 Å². The molecule has 1 aliphatic carbocycles. The van der Waals surface area contributed by atoms with Crippen LogP contribution < -0.4 is 5.43 Å². The average Bonchev–Trinajstić information content (AvgIpc) is 3.25. The van der Waals surface area contributed by atoms with Crippen LogP contribution in [0.25, 0.3) is 27.9 Å². The van der Waals surface area contributed by atoms with Crippen LogP contribution in [0.15, 0.2) is 35.1 Å². The summed E-state index contributed by atoms with van der Waals surface area (Å²) in [6.07, 6.45) is 4.25. The molecule has 29 heavy (non-hydrogen) atoms. The molecule has 1 saturated carbocycles. The zero-order chi connectivity index (χ0) is 20.1. The number of imidazole rings is 1. The number of amides is 1. The van der Waals surface area contributed by atoms with Gasteiger partial charge in [0, 0.05) is 25.4 Å². The van der Waals surface area contributed by atoms with Crippen molar-refractivity contribution >= 4 is 22.3 Å². The highest BCUT2D eigenvalue weighted by Crippen LogP contribution is 2.40. The zero-order valence-corrected chi connectivity index (χ0v) is 16.6. The van der Waals surface area contributed by atoms with E-state index in [0.29, 0.717) is 23.3 Å². The molecule has 1 amide bonds. The van der Waals surface area contributed by atoms with E-state index in [0.717, 1.165) is 40.4 Å². The third-order valence-electron chi connectivity index (χ3n) is 5.33. The Morgan fingerprint density at radius 1 is 1.31 bits per heavy atom. The number of aromatic nitrogens is 4. The van der Waals surface area contributed by atoms with E-state index in [-0.39, 0.29) is 12.3 Å². The molecule has 8 heteroatoms. The lowest BCUT2D eigenvalue weighted by molar-refractivity contribution is -0.124. The molecule has 4 aromatic rings. The Labute approximate surface area is 167 Å². The summed E-state index contributed by atoms with van der Waals surface area (Å²) in [4.78, 5) is 21.7. The largest absolute Gasteiger partial charge is 0.339 e. The monoisotopic (exact) mass is 390 g/mol. The molecular formula is C21H22N6O2. The number of para-hydroxylation sites is 1. The first-order valence-corrected chi connectivity index (χ1v) is 9.71. The number of nitrogens with zero attached hydrogens (tertiary/aromatic N) is 5. The molecule has 0 radical (unpaired) electrons. The van der Waals surface area contributed by atoms with Crippen molar-refractivity contribution in [3.63, 3.8) is 0 Å². The van der Waals surface area contributed by atoms with E-state index >= 15 is 0 Å². The predicted octanol–water partition coefficient (Wildman–Crippen LogP) is 2.86. The van der Waals surface area contributed by atoms with Gasteiger partial charge in [0.05, 0.1) is 17.5 Å². The summed E-state index contributed by atoms with van der Waals surface area (Å²) in [5.41, 5.74) is 7.36. The van der Waals surface area contributed by atoms with Gasteiger partial charge in [0.15, 0.2) is 0 Å². The second-order valence-electron chi connectivity index (χ2n) is 7.77. The third-order valence-corrected chi connectivity index (χ3v) is 5.33. The lowest BCUT2D eigenvalue weighted by Crippen LogP contribution is -2.37. The Kier molecular flexibility index (Phi) is 4.09. The number of hydrogen-bond donors (Lipinski definition) is 1. The van der Waals surface area contributed by atoms with Crippen molar-refractivity contribution in [1.29, 1.82) is 0 Å². The van der Waals surface area contributed by atoms with Gasteiger partial charge in [-0.2, -0.15) is 4.98 Å². The molecule has 0 saturated heterocycles. The number of rotatable bonds is 5. The van der Waals surface area contributed by atoms with Crippen LogP contribution in [0.4, 0.5) is 0 Å². The minimum absolute atomic E-state index is 0.0655. The number of carbonyl (C=O) groups is 1. The van der Waals surface area contributed by atoms with E-state index in [2.05, 4.69) is 20.6 Å². The third kappa shape index (κ3) is 3.05. The fourth-order valence-electron chi connectivity index (χ4n) is 3.84. The molecule has 1 aromatic carbocycles. The van der Waals surface area contributed by atoms with Crippen LogP contribution in [-0.2, 0) is 11.2 Å². The van der Waals surface area contributed by atoms with E-state index < -0.39 is 0 Å². The molecular weight excluding hydrogens is 368 g/mol. The van der Waals surface area contributed by atoms with Gasteiger partial charge in [-0.15, -0.1) is 0 Å². The first kappa shape index (κ1) is 17.8. The standard InChI is InChI=1S/C21H22N6O2/c1-12-15(10-17(28)24-26(2)3)14-6-4-5-7-16(14)27-11-22-18(19(12)27)20-23-21(29-25-20)13-8-9-13/h4-7,11,13H,8-10H2,1-3H3,(H,24,28). The summed E-state index contributed by atoms with van der Waals surface area (Å²) in [6, 6.07) is 8.05. The molecule has 0 spiro atoms. The predicted molar refractivity (Wildman–Crippen MR) is 108 cm³/mol. The number of aryl methyl sites for hydroxylation is 1. The summed E-state index contributed by atoms with van der Waals surface area (Å²) in [5, 5.41) is 6.86. The van der Waals surface area contributed by atoms with Crippen LogP contribution in [0, 0.1) is 6.92 Å². The number of nitrogens with one attached hydrogen (secondary N) is 1. The van der Waals surface area contributed by atoms with Crippen molar-refractivity contribution in [3.8, 4) is 11.5 Å². The van der Waals surface area contributed by atoms with E-state index in [1.54, 1.807) is 25.4 Å². The maximum atomic E-state index is 12.5. The highest BCUT2D eigenvalue weighted by atomic mass is 16.5. The quantitative estimate of drug-likeness (QED) is 0.527. The molecule has 3 heterocycles. The number of fused-ring (bicyclic) bond motifs is 3. The number of benzene rings is 1. The highest BCUT2D eigenvalue weighted by Gasteiger charge is 2.30. The Morgan fingerprint density at radius 2 is 2.10 bits per heavy atom. The summed E-state index contributed by atoms with van der Waals surface area (Å²) in [6.45, 7) is 2.02.